The third-order valence-corrected chi connectivity index (χ3v) is 3.93. The Labute approximate surface area is 83.4 Å². The average Bonchev–Trinajstić information content (AvgIpc) is 2.49. The Kier molecular flexibility index (Phi) is 2.65. The van der Waals surface area contributed by atoms with Gasteiger partial charge in [0.2, 0.25) is 0 Å². The van der Waals surface area contributed by atoms with E-state index >= 15 is 0 Å². The van der Waals surface area contributed by atoms with E-state index in [0.29, 0.717) is 5.92 Å². The maximum Gasteiger partial charge on any atom is 0.0974 e. The molecule has 1 aliphatic rings. The van der Waals surface area contributed by atoms with Gasteiger partial charge in [0, 0.05) is 17.3 Å². The van der Waals surface area contributed by atoms with Gasteiger partial charge in [-0.1, -0.05) is 0 Å². The zero-order valence-electron chi connectivity index (χ0n) is 8.26. The highest BCUT2D eigenvalue weighted by atomic mass is 32.1. The molecule has 1 aliphatic heterocycles. The minimum absolute atomic E-state index is 0.672. The molecule has 0 bridgehead atoms. The third kappa shape index (κ3) is 1.92. The lowest BCUT2D eigenvalue weighted by Gasteiger charge is -2.20. The van der Waals surface area contributed by atoms with Gasteiger partial charge in [-0.3, -0.25) is 0 Å². The van der Waals surface area contributed by atoms with E-state index in [9.17, 15) is 0 Å². The van der Waals surface area contributed by atoms with Gasteiger partial charge in [-0.15, -0.1) is 11.3 Å². The van der Waals surface area contributed by atoms with E-state index in [4.69, 9.17) is 0 Å². The van der Waals surface area contributed by atoms with Gasteiger partial charge in [0.15, 0.2) is 0 Å². The second kappa shape index (κ2) is 3.76. The molecule has 0 spiro atoms. The number of thiazole rings is 1. The first-order chi connectivity index (χ1) is 6.27. The lowest BCUT2D eigenvalue weighted by atomic mass is 10.0. The first-order valence-corrected chi connectivity index (χ1v) is 5.73. The molecule has 0 aliphatic carbocycles. The van der Waals surface area contributed by atoms with Crippen LogP contribution in [0.4, 0.5) is 0 Å². The second-order valence-electron chi connectivity index (χ2n) is 3.74. The second-order valence-corrected chi connectivity index (χ2v) is 4.97. The molecule has 3 heteroatoms. The monoisotopic (exact) mass is 196 g/mol. The van der Waals surface area contributed by atoms with Crippen LogP contribution >= 0.6 is 11.3 Å². The van der Waals surface area contributed by atoms with E-state index in [-0.39, 0.29) is 0 Å². The lowest BCUT2D eigenvalue weighted by Crippen LogP contribution is -2.28. The van der Waals surface area contributed by atoms with Gasteiger partial charge in [0.05, 0.1) is 10.7 Å². The Morgan fingerprint density at radius 2 is 2.31 bits per heavy atom. The maximum atomic E-state index is 4.61. The van der Waals surface area contributed by atoms with Crippen molar-refractivity contribution in [2.45, 2.75) is 32.6 Å². The van der Waals surface area contributed by atoms with E-state index in [1.807, 2.05) is 11.3 Å². The Hall–Kier alpha value is -0.410. The molecule has 1 N–H and O–H groups in total. The Balaban J connectivity index is 2.14. The Bertz CT molecular complexity index is 268. The number of piperidine rings is 1. The molecule has 2 nitrogen and oxygen atoms in total. The van der Waals surface area contributed by atoms with Crippen molar-refractivity contribution in [1.29, 1.82) is 0 Å². The predicted molar refractivity (Wildman–Crippen MR) is 56.4 cm³/mol. The van der Waals surface area contributed by atoms with Crippen LogP contribution in [0.2, 0.25) is 0 Å². The van der Waals surface area contributed by atoms with Gasteiger partial charge in [0.1, 0.15) is 0 Å². The van der Waals surface area contributed by atoms with Crippen LogP contribution in [0.1, 0.15) is 34.3 Å². The van der Waals surface area contributed by atoms with Crippen molar-refractivity contribution in [2.24, 2.45) is 0 Å². The number of nitrogens with one attached hydrogen (secondary N) is 1. The molecule has 1 unspecified atom stereocenters. The van der Waals surface area contributed by atoms with Crippen LogP contribution in [0.3, 0.4) is 0 Å². The van der Waals surface area contributed by atoms with Crippen molar-refractivity contribution in [3.8, 4) is 0 Å². The standard InChI is InChI=1S/C10H16N2S/c1-7-8(2)13-10(12-7)9-4-3-5-11-6-9/h9,11H,3-6H2,1-2H3. The molecule has 1 aromatic rings. The fraction of sp³-hybridized carbons (Fsp3) is 0.700. The molecule has 1 aromatic heterocycles. The van der Waals surface area contributed by atoms with Crippen molar-refractivity contribution < 1.29 is 0 Å². The number of aryl methyl sites for hydroxylation is 2. The van der Waals surface area contributed by atoms with Crippen LogP contribution < -0.4 is 5.32 Å². The largest absolute Gasteiger partial charge is 0.316 e. The minimum atomic E-state index is 0.672. The fourth-order valence-corrected chi connectivity index (χ4v) is 2.79. The summed E-state index contributed by atoms with van der Waals surface area (Å²) < 4.78 is 0. The van der Waals surface area contributed by atoms with Crippen LogP contribution in [-0.4, -0.2) is 18.1 Å². The van der Waals surface area contributed by atoms with Crippen LogP contribution in [0.15, 0.2) is 0 Å². The number of aromatic nitrogens is 1. The van der Waals surface area contributed by atoms with Gasteiger partial charge in [-0.2, -0.15) is 0 Å². The Morgan fingerprint density at radius 1 is 1.46 bits per heavy atom. The molecule has 1 saturated heterocycles. The summed E-state index contributed by atoms with van der Waals surface area (Å²) in [5, 5.41) is 4.76. The highest BCUT2D eigenvalue weighted by Gasteiger charge is 2.18. The lowest BCUT2D eigenvalue weighted by molar-refractivity contribution is 0.460. The summed E-state index contributed by atoms with van der Waals surface area (Å²) in [7, 11) is 0. The minimum Gasteiger partial charge on any atom is -0.316 e. The quantitative estimate of drug-likeness (QED) is 0.745. The molecule has 2 rings (SSSR count). The molecule has 2 heterocycles. The molecule has 0 aromatic carbocycles. The summed E-state index contributed by atoms with van der Waals surface area (Å²) in [5.41, 5.74) is 1.21. The maximum absolute atomic E-state index is 4.61. The summed E-state index contributed by atoms with van der Waals surface area (Å²) in [6, 6.07) is 0. The first kappa shape index (κ1) is 9.16. The first-order valence-electron chi connectivity index (χ1n) is 4.92. The van der Waals surface area contributed by atoms with Crippen LogP contribution in [0.25, 0.3) is 0 Å². The topological polar surface area (TPSA) is 24.9 Å². The molecule has 0 amide bonds. The van der Waals surface area contributed by atoms with E-state index < -0.39 is 0 Å². The number of hydrogen-bond donors (Lipinski definition) is 1. The highest BCUT2D eigenvalue weighted by molar-refractivity contribution is 7.11. The SMILES string of the molecule is Cc1nc(C2CCCNC2)sc1C. The molecule has 1 fully saturated rings. The normalized spacial score (nSPS) is 23.4. The van der Waals surface area contributed by atoms with Gasteiger partial charge < -0.3 is 5.32 Å². The zero-order valence-corrected chi connectivity index (χ0v) is 9.08. The highest BCUT2D eigenvalue weighted by Crippen LogP contribution is 2.28. The predicted octanol–water partition coefficient (Wildman–Crippen LogP) is 2.23. The summed E-state index contributed by atoms with van der Waals surface area (Å²) in [6.07, 6.45) is 2.60. The number of rotatable bonds is 1. The van der Waals surface area contributed by atoms with Crippen molar-refractivity contribution in [3.05, 3.63) is 15.6 Å². The third-order valence-electron chi connectivity index (χ3n) is 2.69. The molecular formula is C10H16N2S. The molecule has 1 atom stereocenters. The molecular weight excluding hydrogens is 180 g/mol. The van der Waals surface area contributed by atoms with Gasteiger partial charge >= 0.3 is 0 Å². The molecule has 0 radical (unpaired) electrons. The van der Waals surface area contributed by atoms with Gasteiger partial charge in [-0.05, 0) is 33.2 Å². The summed E-state index contributed by atoms with van der Waals surface area (Å²) >= 11 is 1.87. The van der Waals surface area contributed by atoms with E-state index in [0.717, 1.165) is 6.54 Å². The van der Waals surface area contributed by atoms with Crippen LogP contribution in [-0.2, 0) is 0 Å². The van der Waals surface area contributed by atoms with E-state index in [1.54, 1.807) is 0 Å². The van der Waals surface area contributed by atoms with Crippen molar-refractivity contribution in [1.82, 2.24) is 10.3 Å². The summed E-state index contributed by atoms with van der Waals surface area (Å²) in [4.78, 5) is 5.99. The number of nitrogens with zero attached hydrogens (tertiary/aromatic N) is 1. The molecule has 13 heavy (non-hydrogen) atoms. The van der Waals surface area contributed by atoms with Gasteiger partial charge in [0.25, 0.3) is 0 Å². The summed E-state index contributed by atoms with van der Waals surface area (Å²) in [5.74, 6) is 0.672. The van der Waals surface area contributed by atoms with E-state index in [1.165, 1.54) is 35.0 Å². The smallest absolute Gasteiger partial charge is 0.0974 e. The van der Waals surface area contributed by atoms with Gasteiger partial charge in [-0.25, -0.2) is 4.98 Å². The summed E-state index contributed by atoms with van der Waals surface area (Å²) in [6.45, 7) is 6.56. The van der Waals surface area contributed by atoms with Crippen LogP contribution in [0, 0.1) is 13.8 Å². The van der Waals surface area contributed by atoms with E-state index in [2.05, 4.69) is 24.1 Å². The fourth-order valence-electron chi connectivity index (χ4n) is 1.73. The Morgan fingerprint density at radius 3 is 2.85 bits per heavy atom. The van der Waals surface area contributed by atoms with Crippen molar-refractivity contribution in [3.63, 3.8) is 0 Å². The zero-order chi connectivity index (χ0) is 9.26. The molecule has 0 saturated carbocycles. The molecule has 72 valence electrons. The average molecular weight is 196 g/mol. The van der Waals surface area contributed by atoms with Crippen molar-refractivity contribution >= 4 is 11.3 Å². The van der Waals surface area contributed by atoms with Crippen LogP contribution in [0.5, 0.6) is 0 Å². The number of hydrogen-bond acceptors (Lipinski definition) is 3. The van der Waals surface area contributed by atoms with Crippen molar-refractivity contribution in [2.75, 3.05) is 13.1 Å².